The standard InChI is InChI=1S/C22H20F3NO6/c1-12(21(28)26-11-13-4-7-17(29-2)19(8-13)30-3)31-14-5-6-15-16(22(23,24)25)10-20(27)32-18(15)9-14/h4-10,12H,11H2,1-3H3,(H,26,28). The summed E-state index contributed by atoms with van der Waals surface area (Å²) >= 11 is 0. The van der Waals surface area contributed by atoms with E-state index in [-0.39, 0.29) is 23.3 Å². The number of carbonyl (C=O) groups excluding carboxylic acids is 1. The highest BCUT2D eigenvalue weighted by molar-refractivity contribution is 5.83. The molecule has 10 heteroatoms. The van der Waals surface area contributed by atoms with Crippen LogP contribution in [0.2, 0.25) is 0 Å². The minimum Gasteiger partial charge on any atom is -0.493 e. The molecule has 0 saturated heterocycles. The van der Waals surface area contributed by atoms with Gasteiger partial charge in [0.25, 0.3) is 5.91 Å². The number of fused-ring (bicyclic) bond motifs is 1. The van der Waals surface area contributed by atoms with Crippen molar-refractivity contribution in [2.45, 2.75) is 25.7 Å². The maximum absolute atomic E-state index is 13.1. The van der Waals surface area contributed by atoms with Gasteiger partial charge in [-0.05, 0) is 36.8 Å². The molecule has 0 bridgehead atoms. The number of amides is 1. The summed E-state index contributed by atoms with van der Waals surface area (Å²) in [7, 11) is 3.01. The van der Waals surface area contributed by atoms with Gasteiger partial charge in [-0.3, -0.25) is 4.79 Å². The quantitative estimate of drug-likeness (QED) is 0.548. The molecule has 2 aromatic carbocycles. The van der Waals surface area contributed by atoms with E-state index < -0.39 is 29.4 Å². The van der Waals surface area contributed by atoms with E-state index in [1.807, 2.05) is 0 Å². The zero-order valence-electron chi connectivity index (χ0n) is 17.4. The number of benzene rings is 2. The Bertz CT molecular complexity index is 1190. The smallest absolute Gasteiger partial charge is 0.417 e. The molecule has 0 radical (unpaired) electrons. The fraction of sp³-hybridized carbons (Fsp3) is 0.273. The molecule has 1 aromatic heterocycles. The first-order valence-corrected chi connectivity index (χ1v) is 9.42. The second-order valence-corrected chi connectivity index (χ2v) is 6.80. The van der Waals surface area contributed by atoms with Crippen LogP contribution in [0, 0.1) is 0 Å². The predicted octanol–water partition coefficient (Wildman–Crippen LogP) is 3.91. The topological polar surface area (TPSA) is 87.0 Å². The summed E-state index contributed by atoms with van der Waals surface area (Å²) in [4.78, 5) is 23.9. The zero-order valence-corrected chi connectivity index (χ0v) is 17.4. The summed E-state index contributed by atoms with van der Waals surface area (Å²) < 4.78 is 60.2. The summed E-state index contributed by atoms with van der Waals surface area (Å²) in [5.74, 6) is 0.689. The Morgan fingerprint density at radius 1 is 1.06 bits per heavy atom. The summed E-state index contributed by atoms with van der Waals surface area (Å²) in [5, 5.41) is 2.42. The SMILES string of the molecule is COc1ccc(CNC(=O)C(C)Oc2ccc3c(C(F)(F)F)cc(=O)oc3c2)cc1OC. The van der Waals surface area contributed by atoms with Gasteiger partial charge in [0, 0.05) is 24.1 Å². The number of halogens is 3. The van der Waals surface area contributed by atoms with Crippen LogP contribution in [0.1, 0.15) is 18.1 Å². The van der Waals surface area contributed by atoms with Crippen LogP contribution >= 0.6 is 0 Å². The van der Waals surface area contributed by atoms with Gasteiger partial charge in [0.2, 0.25) is 0 Å². The molecular formula is C22H20F3NO6. The molecular weight excluding hydrogens is 431 g/mol. The van der Waals surface area contributed by atoms with Gasteiger partial charge in [0.05, 0.1) is 19.8 Å². The van der Waals surface area contributed by atoms with Crippen LogP contribution in [0.25, 0.3) is 11.0 Å². The van der Waals surface area contributed by atoms with Crippen LogP contribution in [0.5, 0.6) is 17.2 Å². The van der Waals surface area contributed by atoms with Crippen molar-refractivity contribution in [3.05, 3.63) is 64.0 Å². The molecule has 1 heterocycles. The van der Waals surface area contributed by atoms with Gasteiger partial charge >= 0.3 is 11.8 Å². The minimum atomic E-state index is -4.71. The largest absolute Gasteiger partial charge is 0.493 e. The third-order valence-corrected chi connectivity index (χ3v) is 4.62. The molecule has 0 spiro atoms. The van der Waals surface area contributed by atoms with E-state index in [2.05, 4.69) is 5.32 Å². The van der Waals surface area contributed by atoms with Gasteiger partial charge in [-0.2, -0.15) is 13.2 Å². The molecule has 170 valence electrons. The normalized spacial score (nSPS) is 12.3. The molecule has 1 unspecified atom stereocenters. The summed E-state index contributed by atoms with van der Waals surface area (Å²) in [5.41, 5.74) is -1.77. The van der Waals surface area contributed by atoms with E-state index in [0.29, 0.717) is 17.6 Å². The summed E-state index contributed by atoms with van der Waals surface area (Å²) in [6.45, 7) is 1.67. The molecule has 1 N–H and O–H groups in total. The number of alkyl halides is 3. The fourth-order valence-electron chi connectivity index (χ4n) is 3.03. The van der Waals surface area contributed by atoms with Crippen LogP contribution in [0.3, 0.4) is 0 Å². The lowest BCUT2D eigenvalue weighted by atomic mass is 10.1. The van der Waals surface area contributed by atoms with Crippen LogP contribution in [-0.4, -0.2) is 26.2 Å². The van der Waals surface area contributed by atoms with E-state index in [9.17, 15) is 22.8 Å². The average molecular weight is 451 g/mol. The highest BCUT2D eigenvalue weighted by atomic mass is 19.4. The molecule has 0 saturated carbocycles. The van der Waals surface area contributed by atoms with E-state index in [1.165, 1.54) is 27.2 Å². The lowest BCUT2D eigenvalue weighted by molar-refractivity contribution is -0.136. The molecule has 1 amide bonds. The van der Waals surface area contributed by atoms with E-state index >= 15 is 0 Å². The third kappa shape index (κ3) is 5.13. The van der Waals surface area contributed by atoms with Crippen LogP contribution in [-0.2, 0) is 17.5 Å². The Morgan fingerprint density at radius 2 is 1.78 bits per heavy atom. The van der Waals surface area contributed by atoms with Crippen molar-refractivity contribution in [2.75, 3.05) is 14.2 Å². The molecule has 0 aliphatic heterocycles. The van der Waals surface area contributed by atoms with Crippen molar-refractivity contribution < 1.29 is 36.6 Å². The molecule has 0 aliphatic carbocycles. The lowest BCUT2D eigenvalue weighted by Gasteiger charge is -2.16. The number of carbonyl (C=O) groups is 1. The first kappa shape index (κ1) is 23.0. The van der Waals surface area contributed by atoms with Crippen molar-refractivity contribution in [1.82, 2.24) is 5.32 Å². The van der Waals surface area contributed by atoms with Gasteiger partial charge < -0.3 is 23.9 Å². The van der Waals surface area contributed by atoms with Crippen LogP contribution in [0.4, 0.5) is 13.2 Å². The third-order valence-electron chi connectivity index (χ3n) is 4.62. The molecule has 7 nitrogen and oxygen atoms in total. The van der Waals surface area contributed by atoms with Gasteiger partial charge in [0.15, 0.2) is 17.6 Å². The second kappa shape index (κ2) is 9.21. The van der Waals surface area contributed by atoms with Crippen molar-refractivity contribution in [2.24, 2.45) is 0 Å². The van der Waals surface area contributed by atoms with Crippen molar-refractivity contribution in [3.63, 3.8) is 0 Å². The first-order valence-electron chi connectivity index (χ1n) is 9.42. The average Bonchev–Trinajstić information content (AvgIpc) is 2.75. The van der Waals surface area contributed by atoms with Crippen LogP contribution in [0.15, 0.2) is 51.7 Å². The number of nitrogens with one attached hydrogen (secondary N) is 1. The Balaban J connectivity index is 1.70. The molecule has 0 aliphatic rings. The number of methoxy groups -OCH3 is 2. The van der Waals surface area contributed by atoms with Gasteiger partial charge in [-0.15, -0.1) is 0 Å². The first-order chi connectivity index (χ1) is 15.1. The Hall–Kier alpha value is -3.69. The second-order valence-electron chi connectivity index (χ2n) is 6.80. The molecule has 3 aromatic rings. The Labute approximate surface area is 180 Å². The maximum Gasteiger partial charge on any atom is 0.417 e. The van der Waals surface area contributed by atoms with E-state index in [4.69, 9.17) is 18.6 Å². The molecule has 0 fully saturated rings. The molecule has 32 heavy (non-hydrogen) atoms. The summed E-state index contributed by atoms with van der Waals surface area (Å²) in [6.07, 6.45) is -5.68. The molecule has 3 rings (SSSR count). The lowest BCUT2D eigenvalue weighted by Crippen LogP contribution is -2.35. The highest BCUT2D eigenvalue weighted by Gasteiger charge is 2.34. The monoisotopic (exact) mass is 451 g/mol. The minimum absolute atomic E-state index is 0.0775. The van der Waals surface area contributed by atoms with Gasteiger partial charge in [0.1, 0.15) is 11.3 Å². The van der Waals surface area contributed by atoms with Crippen molar-refractivity contribution in [1.29, 1.82) is 0 Å². The molecule has 1 atom stereocenters. The van der Waals surface area contributed by atoms with Gasteiger partial charge in [-0.1, -0.05) is 6.07 Å². The summed E-state index contributed by atoms with van der Waals surface area (Å²) in [6, 6.07) is 9.13. The number of hydrogen-bond donors (Lipinski definition) is 1. The predicted molar refractivity (Wildman–Crippen MR) is 109 cm³/mol. The Kier molecular flexibility index (Phi) is 6.61. The van der Waals surface area contributed by atoms with E-state index in [1.54, 1.807) is 18.2 Å². The van der Waals surface area contributed by atoms with Crippen LogP contribution < -0.4 is 25.2 Å². The van der Waals surface area contributed by atoms with Crippen molar-refractivity contribution >= 4 is 16.9 Å². The number of rotatable bonds is 7. The van der Waals surface area contributed by atoms with Gasteiger partial charge in [-0.25, -0.2) is 4.79 Å². The zero-order chi connectivity index (χ0) is 23.5. The van der Waals surface area contributed by atoms with Crippen molar-refractivity contribution in [3.8, 4) is 17.2 Å². The number of ether oxygens (including phenoxy) is 3. The van der Waals surface area contributed by atoms with E-state index in [0.717, 1.165) is 17.7 Å². The number of hydrogen-bond acceptors (Lipinski definition) is 6. The maximum atomic E-state index is 13.1. The highest BCUT2D eigenvalue weighted by Crippen LogP contribution is 2.35. The fourth-order valence-corrected chi connectivity index (χ4v) is 3.03. The Morgan fingerprint density at radius 3 is 2.44 bits per heavy atom.